The van der Waals surface area contributed by atoms with Gasteiger partial charge in [-0.3, -0.25) is 14.9 Å². The molecule has 4 rings (SSSR count). The maximum Gasteiger partial charge on any atom is 0.286 e. The second-order valence-electron chi connectivity index (χ2n) is 7.75. The van der Waals surface area contributed by atoms with Gasteiger partial charge in [-0.05, 0) is 47.2 Å². The summed E-state index contributed by atoms with van der Waals surface area (Å²) in [5, 5.41) is 5.95. The minimum absolute atomic E-state index is 0.230. The molecular weight excluding hydrogens is 448 g/mol. The van der Waals surface area contributed by atoms with Crippen LogP contribution < -0.4 is 10.1 Å². The van der Waals surface area contributed by atoms with E-state index in [-0.39, 0.29) is 16.4 Å². The van der Waals surface area contributed by atoms with Crippen molar-refractivity contribution in [3.63, 3.8) is 0 Å². The van der Waals surface area contributed by atoms with Crippen molar-refractivity contribution >= 4 is 28.6 Å². The second-order valence-corrected chi connectivity index (χ2v) is 8.92. The van der Waals surface area contributed by atoms with Gasteiger partial charge in [-0.15, -0.1) is 0 Å². The Morgan fingerprint density at radius 3 is 2.26 bits per heavy atom. The van der Waals surface area contributed by atoms with Gasteiger partial charge in [0.25, 0.3) is 5.24 Å². The number of carbonyl (C=O) groups excluding carboxylic acids is 2. The van der Waals surface area contributed by atoms with Gasteiger partial charge in [0.15, 0.2) is 6.61 Å². The standard InChI is InChI=1S/C27H26N2O4S/c1-2-24(22-12-10-21(11-13-22)20-6-4-3-5-7-20)29-33-17-16-32-23-14-8-19(9-15-23)18-25-26(30)28-27(31)34-25/h3-15,25H,2,16-18H2,1H3,(H,28,30,31)/b29-24-. The Hall–Kier alpha value is -3.58. The van der Waals surface area contributed by atoms with Crippen LogP contribution in [0.15, 0.2) is 84.0 Å². The van der Waals surface area contributed by atoms with Crippen molar-refractivity contribution < 1.29 is 19.2 Å². The van der Waals surface area contributed by atoms with Gasteiger partial charge in [0.1, 0.15) is 12.4 Å². The van der Waals surface area contributed by atoms with E-state index in [9.17, 15) is 9.59 Å². The van der Waals surface area contributed by atoms with Crippen LogP contribution in [0.1, 0.15) is 24.5 Å². The molecule has 0 spiro atoms. The number of thioether (sulfide) groups is 1. The Morgan fingerprint density at radius 1 is 0.912 bits per heavy atom. The summed E-state index contributed by atoms with van der Waals surface area (Å²) in [6, 6.07) is 26.1. The molecule has 7 heteroatoms. The van der Waals surface area contributed by atoms with Gasteiger partial charge >= 0.3 is 0 Å². The van der Waals surface area contributed by atoms with Gasteiger partial charge in [-0.1, -0.05) is 90.6 Å². The number of benzene rings is 3. The van der Waals surface area contributed by atoms with Gasteiger partial charge < -0.3 is 9.57 Å². The zero-order valence-electron chi connectivity index (χ0n) is 18.9. The zero-order valence-corrected chi connectivity index (χ0v) is 19.7. The number of hydrogen-bond acceptors (Lipinski definition) is 6. The van der Waals surface area contributed by atoms with Crippen molar-refractivity contribution in [2.24, 2.45) is 5.16 Å². The molecule has 0 bridgehead atoms. The van der Waals surface area contributed by atoms with Gasteiger partial charge in [0.2, 0.25) is 5.91 Å². The molecule has 0 saturated carbocycles. The van der Waals surface area contributed by atoms with Crippen molar-refractivity contribution in [3.8, 4) is 16.9 Å². The van der Waals surface area contributed by atoms with Crippen molar-refractivity contribution in [3.05, 3.63) is 90.0 Å². The summed E-state index contributed by atoms with van der Waals surface area (Å²) < 4.78 is 5.72. The fourth-order valence-electron chi connectivity index (χ4n) is 3.59. The topological polar surface area (TPSA) is 77.0 Å². The Bertz CT molecular complexity index is 1150. The number of carbonyl (C=O) groups is 2. The van der Waals surface area contributed by atoms with Crippen LogP contribution >= 0.6 is 11.8 Å². The van der Waals surface area contributed by atoms with E-state index in [0.29, 0.717) is 25.4 Å². The van der Waals surface area contributed by atoms with Gasteiger partial charge in [-0.2, -0.15) is 0 Å². The Labute approximate surface area is 203 Å². The lowest BCUT2D eigenvalue weighted by Crippen LogP contribution is -2.25. The van der Waals surface area contributed by atoms with Crippen molar-refractivity contribution in [2.75, 3.05) is 13.2 Å². The average Bonchev–Trinajstić information content (AvgIpc) is 3.19. The first-order valence-corrected chi connectivity index (χ1v) is 12.1. The molecule has 1 fully saturated rings. The van der Waals surface area contributed by atoms with Crippen LogP contribution in [0.3, 0.4) is 0 Å². The summed E-state index contributed by atoms with van der Waals surface area (Å²) in [6.07, 6.45) is 1.27. The summed E-state index contributed by atoms with van der Waals surface area (Å²) in [6.45, 7) is 2.74. The molecule has 34 heavy (non-hydrogen) atoms. The third kappa shape index (κ3) is 6.26. The van der Waals surface area contributed by atoms with Crippen LogP contribution in [0.2, 0.25) is 0 Å². The molecule has 0 aliphatic carbocycles. The van der Waals surface area contributed by atoms with E-state index in [0.717, 1.165) is 35.0 Å². The SMILES string of the molecule is CC/C(=N/OCCOc1ccc(CC2SC(=O)NC2=O)cc1)c1ccc(-c2ccccc2)cc1. The highest BCUT2D eigenvalue weighted by molar-refractivity contribution is 8.15. The number of ether oxygens (including phenoxy) is 1. The van der Waals surface area contributed by atoms with E-state index >= 15 is 0 Å². The molecular formula is C27H26N2O4S. The molecule has 3 aromatic rings. The first-order chi connectivity index (χ1) is 16.6. The minimum Gasteiger partial charge on any atom is -0.490 e. The van der Waals surface area contributed by atoms with Crippen LogP contribution in [0, 0.1) is 0 Å². The van der Waals surface area contributed by atoms with Crippen molar-refractivity contribution in [1.82, 2.24) is 5.32 Å². The van der Waals surface area contributed by atoms with E-state index in [1.807, 2.05) is 42.5 Å². The van der Waals surface area contributed by atoms with Crippen molar-refractivity contribution in [1.29, 1.82) is 0 Å². The van der Waals surface area contributed by atoms with Gasteiger partial charge in [0.05, 0.1) is 11.0 Å². The molecule has 1 unspecified atom stereocenters. The largest absolute Gasteiger partial charge is 0.490 e. The molecule has 174 valence electrons. The summed E-state index contributed by atoms with van der Waals surface area (Å²) in [4.78, 5) is 28.5. The third-order valence-corrected chi connectivity index (χ3v) is 6.37. The number of rotatable bonds is 10. The Balaban J connectivity index is 1.23. The lowest BCUT2D eigenvalue weighted by Gasteiger charge is -2.09. The summed E-state index contributed by atoms with van der Waals surface area (Å²) in [7, 11) is 0. The monoisotopic (exact) mass is 474 g/mol. The highest BCUT2D eigenvalue weighted by atomic mass is 32.2. The van der Waals surface area contributed by atoms with Crippen molar-refractivity contribution in [2.45, 2.75) is 25.0 Å². The quantitative estimate of drug-likeness (QED) is 0.240. The molecule has 0 radical (unpaired) electrons. The highest BCUT2D eigenvalue weighted by Gasteiger charge is 2.31. The average molecular weight is 475 g/mol. The lowest BCUT2D eigenvalue weighted by molar-refractivity contribution is -0.118. The first kappa shape index (κ1) is 23.6. The molecule has 1 N–H and O–H groups in total. The van der Waals surface area contributed by atoms with E-state index in [2.05, 4.69) is 53.8 Å². The van der Waals surface area contributed by atoms with E-state index in [1.54, 1.807) is 0 Å². The number of nitrogens with zero attached hydrogens (tertiary/aromatic N) is 1. The number of oxime groups is 1. The molecule has 1 atom stereocenters. The maximum atomic E-state index is 11.7. The number of imide groups is 1. The number of hydrogen-bond donors (Lipinski definition) is 1. The highest BCUT2D eigenvalue weighted by Crippen LogP contribution is 2.24. The van der Waals surface area contributed by atoms with Crippen LogP contribution in [0.5, 0.6) is 5.75 Å². The first-order valence-electron chi connectivity index (χ1n) is 11.2. The number of amides is 2. The van der Waals surface area contributed by atoms with E-state index < -0.39 is 0 Å². The molecule has 1 saturated heterocycles. The predicted molar refractivity (Wildman–Crippen MR) is 135 cm³/mol. The van der Waals surface area contributed by atoms with Crippen LogP contribution in [0.4, 0.5) is 4.79 Å². The summed E-state index contributed by atoms with van der Waals surface area (Å²) >= 11 is 1.03. The van der Waals surface area contributed by atoms with Crippen LogP contribution in [0.25, 0.3) is 11.1 Å². The lowest BCUT2D eigenvalue weighted by atomic mass is 10.0. The van der Waals surface area contributed by atoms with E-state index in [4.69, 9.17) is 9.57 Å². The molecule has 1 heterocycles. The van der Waals surface area contributed by atoms with Crippen LogP contribution in [-0.4, -0.2) is 35.3 Å². The molecule has 6 nitrogen and oxygen atoms in total. The minimum atomic E-state index is -0.368. The maximum absolute atomic E-state index is 11.7. The smallest absolute Gasteiger partial charge is 0.286 e. The molecule has 3 aromatic carbocycles. The Morgan fingerprint density at radius 2 is 1.62 bits per heavy atom. The van der Waals surface area contributed by atoms with Gasteiger partial charge in [-0.25, -0.2) is 0 Å². The second kappa shape index (κ2) is 11.5. The predicted octanol–water partition coefficient (Wildman–Crippen LogP) is 5.46. The van der Waals surface area contributed by atoms with E-state index in [1.165, 1.54) is 11.1 Å². The fourth-order valence-corrected chi connectivity index (χ4v) is 4.45. The normalized spacial score (nSPS) is 15.8. The molecule has 1 aliphatic rings. The number of nitrogens with one attached hydrogen (secondary N) is 1. The molecule has 2 amide bonds. The molecule has 0 aromatic heterocycles. The summed E-state index contributed by atoms with van der Waals surface area (Å²) in [5.41, 5.74) is 5.24. The Kier molecular flexibility index (Phi) is 7.99. The fraction of sp³-hybridized carbons (Fsp3) is 0.222. The van der Waals surface area contributed by atoms with Crippen LogP contribution in [-0.2, 0) is 16.1 Å². The summed E-state index contributed by atoms with van der Waals surface area (Å²) in [5.74, 6) is 0.481. The third-order valence-electron chi connectivity index (χ3n) is 5.39. The molecule has 1 aliphatic heterocycles. The zero-order chi connectivity index (χ0) is 23.8. The van der Waals surface area contributed by atoms with Gasteiger partial charge in [0, 0.05) is 0 Å².